The molecule has 0 aliphatic rings. The summed E-state index contributed by atoms with van der Waals surface area (Å²) in [6.07, 6.45) is 0. The molecule has 2 rings (SSSR count). The molecular formula is C7H6S2Se. The van der Waals surface area contributed by atoms with E-state index in [2.05, 4.69) is 23.3 Å². The van der Waals surface area contributed by atoms with E-state index in [1.165, 1.54) is 9.40 Å². The van der Waals surface area contributed by atoms with Gasteiger partial charge in [-0.1, -0.05) is 0 Å². The zero-order valence-corrected chi connectivity index (χ0v) is 8.80. The number of fused-ring (bicyclic) bond motifs is 1. The molecule has 2 heterocycles. The van der Waals surface area contributed by atoms with E-state index in [0.717, 1.165) is 0 Å². The third-order valence-electron chi connectivity index (χ3n) is 1.32. The first-order chi connectivity index (χ1) is 4.90. The van der Waals surface area contributed by atoms with Crippen molar-refractivity contribution in [3.63, 3.8) is 0 Å². The van der Waals surface area contributed by atoms with Crippen molar-refractivity contribution in [1.82, 2.24) is 0 Å². The molecule has 0 saturated heterocycles. The molecule has 0 fully saturated rings. The average molecular weight is 233 g/mol. The van der Waals surface area contributed by atoms with Crippen LogP contribution in [0.4, 0.5) is 0 Å². The Balaban J connectivity index is 2.67. The van der Waals surface area contributed by atoms with Gasteiger partial charge in [0.2, 0.25) is 0 Å². The van der Waals surface area contributed by atoms with Crippen LogP contribution in [0.25, 0.3) is 9.40 Å². The summed E-state index contributed by atoms with van der Waals surface area (Å²) >= 11 is 4.47. The van der Waals surface area contributed by atoms with E-state index in [0.29, 0.717) is 15.0 Å². The molecule has 0 atom stereocenters. The van der Waals surface area contributed by atoms with Gasteiger partial charge in [0.1, 0.15) is 0 Å². The molecular weight excluding hydrogens is 227 g/mol. The van der Waals surface area contributed by atoms with E-state index in [1.807, 2.05) is 22.7 Å². The summed E-state index contributed by atoms with van der Waals surface area (Å²) in [5, 5.41) is 2.16. The van der Waals surface area contributed by atoms with Gasteiger partial charge in [-0.25, -0.2) is 0 Å². The van der Waals surface area contributed by atoms with Crippen molar-refractivity contribution in [2.75, 3.05) is 0 Å². The molecule has 0 amide bonds. The van der Waals surface area contributed by atoms with E-state index in [4.69, 9.17) is 0 Å². The first-order valence-corrected chi connectivity index (χ1v) is 7.18. The molecule has 52 valence electrons. The summed E-state index contributed by atoms with van der Waals surface area (Å²) in [6, 6.07) is 4.53. The Kier molecular flexibility index (Phi) is 1.83. The molecule has 3 heteroatoms. The Bertz CT molecular complexity index is 305. The van der Waals surface area contributed by atoms with Gasteiger partial charge in [-0.2, -0.15) is 0 Å². The Morgan fingerprint density at radius 2 is 2.30 bits per heavy atom. The van der Waals surface area contributed by atoms with E-state index in [1.54, 1.807) is 3.78 Å². The van der Waals surface area contributed by atoms with E-state index >= 15 is 0 Å². The number of hydrogen-bond donors (Lipinski definition) is 0. The minimum atomic E-state index is 0.684. The Labute approximate surface area is 74.0 Å². The molecule has 0 aromatic carbocycles. The van der Waals surface area contributed by atoms with Crippen molar-refractivity contribution in [2.45, 2.75) is 5.82 Å². The zero-order chi connectivity index (χ0) is 6.97. The minimum absolute atomic E-state index is 0.684. The Morgan fingerprint density at radius 1 is 1.40 bits per heavy atom. The molecule has 10 heavy (non-hydrogen) atoms. The summed E-state index contributed by atoms with van der Waals surface area (Å²) in [5.74, 6) is 2.27. The molecule has 0 nitrogen and oxygen atoms in total. The summed E-state index contributed by atoms with van der Waals surface area (Å²) in [4.78, 5) is 0. The van der Waals surface area contributed by atoms with E-state index in [-0.39, 0.29) is 0 Å². The molecule has 0 radical (unpaired) electrons. The third kappa shape index (κ3) is 1.04. The standard InChI is InChI=1S/C7H6S2Se/c1-10-7-4-6-5(9-7)2-3-8-6/h2-4H,1H3. The van der Waals surface area contributed by atoms with Crippen molar-refractivity contribution >= 4 is 50.8 Å². The van der Waals surface area contributed by atoms with Gasteiger partial charge in [0.05, 0.1) is 0 Å². The van der Waals surface area contributed by atoms with Crippen LogP contribution >= 0.6 is 22.7 Å². The topological polar surface area (TPSA) is 0 Å². The monoisotopic (exact) mass is 234 g/mol. The van der Waals surface area contributed by atoms with Gasteiger partial charge in [0.25, 0.3) is 0 Å². The van der Waals surface area contributed by atoms with Crippen molar-refractivity contribution in [3.05, 3.63) is 17.5 Å². The molecule has 0 aliphatic carbocycles. The normalized spacial score (nSPS) is 10.9. The van der Waals surface area contributed by atoms with Crippen LogP contribution in [-0.4, -0.2) is 15.0 Å². The predicted molar refractivity (Wildman–Crippen MR) is 51.0 cm³/mol. The first-order valence-electron chi connectivity index (χ1n) is 2.91. The van der Waals surface area contributed by atoms with Gasteiger partial charge in [-0.3, -0.25) is 0 Å². The van der Waals surface area contributed by atoms with Crippen molar-refractivity contribution < 1.29 is 0 Å². The molecule has 0 unspecified atom stereocenters. The molecule has 0 aliphatic heterocycles. The summed E-state index contributed by atoms with van der Waals surface area (Å²) in [6.45, 7) is 0. The number of rotatable bonds is 1. The zero-order valence-electron chi connectivity index (χ0n) is 5.46. The van der Waals surface area contributed by atoms with Crippen LogP contribution in [-0.2, 0) is 0 Å². The van der Waals surface area contributed by atoms with Gasteiger partial charge in [0.15, 0.2) is 0 Å². The van der Waals surface area contributed by atoms with Gasteiger partial charge >= 0.3 is 74.1 Å². The van der Waals surface area contributed by atoms with E-state index < -0.39 is 0 Å². The maximum atomic E-state index is 2.32. The second kappa shape index (κ2) is 2.67. The van der Waals surface area contributed by atoms with Gasteiger partial charge in [-0.15, -0.1) is 0 Å². The summed E-state index contributed by atoms with van der Waals surface area (Å²) in [5.41, 5.74) is 0. The third-order valence-corrected chi connectivity index (χ3v) is 5.69. The van der Waals surface area contributed by atoms with Gasteiger partial charge in [-0.05, 0) is 0 Å². The van der Waals surface area contributed by atoms with Crippen LogP contribution in [0.3, 0.4) is 0 Å². The molecule has 2 aromatic rings. The van der Waals surface area contributed by atoms with Crippen LogP contribution in [0.15, 0.2) is 17.5 Å². The van der Waals surface area contributed by atoms with Crippen LogP contribution in [0.1, 0.15) is 0 Å². The Hall–Kier alpha value is 0.179. The van der Waals surface area contributed by atoms with Crippen molar-refractivity contribution in [1.29, 1.82) is 0 Å². The number of thiophene rings is 2. The van der Waals surface area contributed by atoms with Crippen LogP contribution in [0.5, 0.6) is 0 Å². The fourth-order valence-corrected chi connectivity index (χ4v) is 4.52. The molecule has 2 aromatic heterocycles. The number of hydrogen-bond acceptors (Lipinski definition) is 2. The molecule has 0 spiro atoms. The average Bonchev–Trinajstić information content (AvgIpc) is 2.42. The fraction of sp³-hybridized carbons (Fsp3) is 0.143. The first kappa shape index (κ1) is 6.86. The molecule has 0 saturated carbocycles. The fourth-order valence-electron chi connectivity index (χ4n) is 0.844. The van der Waals surface area contributed by atoms with Crippen molar-refractivity contribution in [2.24, 2.45) is 0 Å². The van der Waals surface area contributed by atoms with Crippen LogP contribution in [0.2, 0.25) is 5.82 Å². The van der Waals surface area contributed by atoms with Gasteiger partial charge < -0.3 is 0 Å². The van der Waals surface area contributed by atoms with Crippen molar-refractivity contribution in [3.8, 4) is 0 Å². The quantitative estimate of drug-likeness (QED) is 0.663. The second-order valence-corrected chi connectivity index (χ2v) is 6.31. The van der Waals surface area contributed by atoms with Crippen LogP contribution < -0.4 is 3.78 Å². The van der Waals surface area contributed by atoms with E-state index in [9.17, 15) is 0 Å². The SMILES string of the molecule is C[Se]c1cc2sccc2s1. The Morgan fingerprint density at radius 3 is 3.00 bits per heavy atom. The predicted octanol–water partition coefficient (Wildman–Crippen LogP) is 2.34. The molecule has 0 N–H and O–H groups in total. The summed E-state index contributed by atoms with van der Waals surface area (Å²) < 4.78 is 4.49. The summed E-state index contributed by atoms with van der Waals surface area (Å²) in [7, 11) is 0. The van der Waals surface area contributed by atoms with Crippen LogP contribution in [0, 0.1) is 0 Å². The molecule has 0 bridgehead atoms. The van der Waals surface area contributed by atoms with Gasteiger partial charge in [0, 0.05) is 0 Å². The second-order valence-electron chi connectivity index (χ2n) is 1.92. The maximum absolute atomic E-state index is 2.32.